The average molecular weight is 783 g/mol. The van der Waals surface area contributed by atoms with Crippen LogP contribution in [0.3, 0.4) is 0 Å². The number of amides is 1. The van der Waals surface area contributed by atoms with E-state index in [4.69, 9.17) is 33.3 Å². The van der Waals surface area contributed by atoms with Crippen LogP contribution in [0.25, 0.3) is 22.3 Å². The van der Waals surface area contributed by atoms with E-state index in [0.29, 0.717) is 0 Å². The number of hydrogen-bond acceptors (Lipinski definition) is 18. The van der Waals surface area contributed by atoms with Gasteiger partial charge in [0.05, 0.1) is 37.2 Å². The molecular formula is C24H30F2N10O10P2S2+2. The molecule has 3 aliphatic rings. The van der Waals surface area contributed by atoms with E-state index in [1.54, 1.807) is 13.8 Å². The van der Waals surface area contributed by atoms with E-state index >= 15 is 8.78 Å². The van der Waals surface area contributed by atoms with Gasteiger partial charge in [0.1, 0.15) is 37.3 Å². The summed E-state index contributed by atoms with van der Waals surface area (Å²) < 4.78 is 68.9. The van der Waals surface area contributed by atoms with Crippen LogP contribution in [-0.2, 0) is 32.4 Å². The molecule has 10 atom stereocenters. The Bertz CT molecular complexity index is 1990. The zero-order valence-corrected chi connectivity index (χ0v) is 29.3. The van der Waals surface area contributed by atoms with E-state index in [-0.39, 0.29) is 34.1 Å². The number of imidazole rings is 2. The molecule has 1 amide bonds. The highest BCUT2D eigenvalue weighted by Crippen LogP contribution is 2.67. The van der Waals surface area contributed by atoms with Crippen molar-refractivity contribution in [2.45, 2.75) is 63.1 Å². The summed E-state index contributed by atoms with van der Waals surface area (Å²) in [7, 11) is -8.44. The van der Waals surface area contributed by atoms with E-state index < -0.39 is 94.1 Å². The maximum atomic E-state index is 16.3. The van der Waals surface area contributed by atoms with Crippen molar-refractivity contribution in [2.75, 3.05) is 24.3 Å². The summed E-state index contributed by atoms with van der Waals surface area (Å²) in [6, 6.07) is 0. The fourth-order valence-electron chi connectivity index (χ4n) is 5.56. The van der Waals surface area contributed by atoms with Crippen molar-refractivity contribution in [3.8, 4) is 0 Å². The number of H-pyrrole nitrogens is 1. The maximum absolute atomic E-state index is 16.3. The second kappa shape index (κ2) is 13.4. The number of halogens is 2. The second-order valence-electron chi connectivity index (χ2n) is 11.7. The van der Waals surface area contributed by atoms with Crippen molar-refractivity contribution < 1.29 is 50.9 Å². The van der Waals surface area contributed by atoms with Gasteiger partial charge in [0.25, 0.3) is 5.56 Å². The highest BCUT2D eigenvalue weighted by molar-refractivity contribution is 8.47. The lowest BCUT2D eigenvalue weighted by Crippen LogP contribution is -2.38. The van der Waals surface area contributed by atoms with Crippen molar-refractivity contribution in [1.82, 2.24) is 39.0 Å². The summed E-state index contributed by atoms with van der Waals surface area (Å²) in [5.41, 5.74) is 5.12. The van der Waals surface area contributed by atoms with Gasteiger partial charge in [-0.2, -0.15) is 32.9 Å². The van der Waals surface area contributed by atoms with Gasteiger partial charge in [0.2, 0.25) is 11.9 Å². The summed E-state index contributed by atoms with van der Waals surface area (Å²) in [5, 5.41) is 2.47. The molecule has 2 unspecified atom stereocenters. The quantitative estimate of drug-likeness (QED) is 0.115. The largest absolute Gasteiger partial charge is 0.476 e. The smallest absolute Gasteiger partial charge is 0.382 e. The Morgan fingerprint density at radius 3 is 2.06 bits per heavy atom. The summed E-state index contributed by atoms with van der Waals surface area (Å²) in [5.74, 6) is -1.05. The summed E-state index contributed by atoms with van der Waals surface area (Å²) in [4.78, 5) is 69.8. The first-order valence-corrected chi connectivity index (χ1v) is 20.2. The number of carbonyl (C=O) groups is 1. The number of anilines is 2. The Labute approximate surface area is 290 Å². The molecule has 0 radical (unpaired) electrons. The van der Waals surface area contributed by atoms with Crippen LogP contribution in [0.4, 0.5) is 20.5 Å². The standard InChI is InChI=1S/C24H28F2N10O10P2S2/c1-8(2)20(37)33-24-32-19-14(21(38)34-24)31-7-36(19)23-12(26)16-10(44-23)4-42-47(39,49)45-15-9(3-41-48(40,50)46-16)43-22(11(15)25)35-6-30-13-17(27)28-5-29-18(13)35/h5-12,15-16,22-23,39-40,49-50H,3-4H2,1-2H3,(H2-2,27,28,29,32,33,34,37,38)/p+2/t9-,10-,11-,12-,15-,16-,22-,23-,47?,48?/m1/s1. The van der Waals surface area contributed by atoms with Gasteiger partial charge < -0.3 is 15.2 Å². The van der Waals surface area contributed by atoms with Crippen molar-refractivity contribution in [3.63, 3.8) is 0 Å². The predicted molar refractivity (Wildman–Crippen MR) is 177 cm³/mol. The fourth-order valence-corrected chi connectivity index (χ4v) is 8.56. The molecule has 3 fully saturated rings. The number of aromatic nitrogens is 8. The van der Waals surface area contributed by atoms with E-state index in [0.717, 1.165) is 17.2 Å². The Hall–Kier alpha value is -2.73. The summed E-state index contributed by atoms with van der Waals surface area (Å²) in [6.45, 7) is 2.00. The number of nitrogen functional groups attached to an aromatic ring is 1. The lowest BCUT2D eigenvalue weighted by Gasteiger charge is -2.25. The predicted octanol–water partition coefficient (Wildman–Crippen LogP) is 1.62. The van der Waals surface area contributed by atoms with Crippen LogP contribution in [0.1, 0.15) is 26.3 Å². The van der Waals surface area contributed by atoms with Crippen molar-refractivity contribution in [3.05, 3.63) is 29.3 Å². The molecule has 0 spiro atoms. The van der Waals surface area contributed by atoms with Crippen molar-refractivity contribution >= 4 is 78.8 Å². The number of nitrogens with two attached hydrogens (primary N) is 1. The van der Waals surface area contributed by atoms with Crippen LogP contribution in [0.2, 0.25) is 0 Å². The number of aromatic amines is 1. The first-order valence-electron chi connectivity index (χ1n) is 14.8. The zero-order valence-electron chi connectivity index (χ0n) is 25.8. The third-order valence-corrected chi connectivity index (χ3v) is 11.3. The minimum atomic E-state index is -4.23. The molecule has 3 aliphatic heterocycles. The number of fused-ring (bicyclic) bond motifs is 4. The number of nitrogens with one attached hydrogen (secondary N) is 2. The van der Waals surface area contributed by atoms with Gasteiger partial charge in [-0.3, -0.25) is 29.0 Å². The first kappa shape index (κ1) is 35.7. The Morgan fingerprint density at radius 1 is 0.960 bits per heavy atom. The molecular weight excluding hydrogens is 752 g/mol. The summed E-state index contributed by atoms with van der Waals surface area (Å²) in [6.07, 6.45) is -9.63. The molecule has 26 heteroatoms. The van der Waals surface area contributed by atoms with Crippen LogP contribution in [0.15, 0.2) is 23.8 Å². The summed E-state index contributed by atoms with van der Waals surface area (Å²) >= 11 is 8.23. The SMILES string of the molecule is CC(C)C(=O)Nc1nc2c(ncn2[C@@H]2O[C@@H]3CO[P+](O)(S)O[C@H]4[C@@H](F)[C@H](n5cnc6c(N)ncnc65)O[C@@H]4CO[P+](O)(S)O[C@H]3[C@H]2F)c(=O)[nH]1. The Balaban J connectivity index is 1.15. The number of nitrogens with zero attached hydrogens (tertiary/aromatic N) is 7. The zero-order chi connectivity index (χ0) is 35.7. The van der Waals surface area contributed by atoms with E-state index in [1.165, 1.54) is 10.9 Å². The first-order chi connectivity index (χ1) is 23.6. The molecule has 0 saturated carbocycles. The van der Waals surface area contributed by atoms with Gasteiger partial charge in [0, 0.05) is 5.92 Å². The van der Waals surface area contributed by atoms with Gasteiger partial charge >= 0.3 is 14.3 Å². The Morgan fingerprint density at radius 2 is 1.50 bits per heavy atom. The van der Waals surface area contributed by atoms with Crippen LogP contribution in [-0.4, -0.2) is 105 Å². The normalized spacial score (nSPS) is 35.1. The van der Waals surface area contributed by atoms with Crippen LogP contribution in [0, 0.1) is 5.92 Å². The van der Waals surface area contributed by atoms with Crippen molar-refractivity contribution in [1.29, 1.82) is 0 Å². The van der Waals surface area contributed by atoms with Crippen molar-refractivity contribution in [2.24, 2.45) is 5.92 Å². The number of ether oxygens (including phenoxy) is 2. The monoisotopic (exact) mass is 782 g/mol. The number of rotatable bonds is 4. The third-order valence-electron chi connectivity index (χ3n) is 8.00. The van der Waals surface area contributed by atoms with E-state index in [1.807, 2.05) is 0 Å². The average Bonchev–Trinajstić information content (AvgIpc) is 3.80. The highest BCUT2D eigenvalue weighted by atomic mass is 32.7. The molecule has 7 rings (SSSR count). The highest BCUT2D eigenvalue weighted by Gasteiger charge is 2.60. The van der Waals surface area contributed by atoms with Crippen LogP contribution >= 0.6 is 38.8 Å². The molecule has 7 heterocycles. The molecule has 4 aromatic heterocycles. The topological polar surface area (TPSA) is 258 Å². The molecule has 20 nitrogen and oxygen atoms in total. The Kier molecular flexibility index (Phi) is 9.52. The molecule has 0 aliphatic carbocycles. The van der Waals surface area contributed by atoms with Crippen LogP contribution in [0.5, 0.6) is 0 Å². The molecule has 6 N–H and O–H groups in total. The second-order valence-corrected chi connectivity index (χ2v) is 17.6. The minimum Gasteiger partial charge on any atom is -0.382 e. The fraction of sp³-hybridized carbons (Fsp3) is 0.542. The number of hydrogen-bond donors (Lipinski definition) is 7. The molecule has 0 bridgehead atoms. The maximum Gasteiger partial charge on any atom is 0.476 e. The molecule has 4 aromatic rings. The number of alkyl halides is 2. The van der Waals surface area contributed by atoms with Gasteiger partial charge in [-0.05, 0) is 0 Å². The van der Waals surface area contributed by atoms with Gasteiger partial charge in [0.15, 0.2) is 59.6 Å². The number of thiol groups is 2. The van der Waals surface area contributed by atoms with Gasteiger partial charge in [-0.25, -0.2) is 28.7 Å². The molecule has 0 aromatic carbocycles. The number of carbonyl (C=O) groups excluding carboxylic acids is 1. The third kappa shape index (κ3) is 6.68. The van der Waals surface area contributed by atoms with Crippen LogP contribution < -0.4 is 16.6 Å². The molecule has 3 saturated heterocycles. The van der Waals surface area contributed by atoms with Gasteiger partial charge in [-0.1, -0.05) is 13.8 Å². The van der Waals surface area contributed by atoms with Gasteiger partial charge in [-0.15, -0.1) is 0 Å². The molecule has 270 valence electrons. The minimum absolute atomic E-state index is 0.0478. The molecule has 50 heavy (non-hydrogen) atoms. The lowest BCUT2D eigenvalue weighted by atomic mass is 10.1. The van der Waals surface area contributed by atoms with E-state index in [2.05, 4.69) is 59.7 Å². The van der Waals surface area contributed by atoms with E-state index in [9.17, 15) is 19.4 Å². The lowest BCUT2D eigenvalue weighted by molar-refractivity contribution is -0.118.